The van der Waals surface area contributed by atoms with Gasteiger partial charge in [-0.3, -0.25) is 9.59 Å². The van der Waals surface area contributed by atoms with Crippen LogP contribution >= 0.6 is 22.6 Å². The fraction of sp³-hybridized carbons (Fsp3) is 0.474. The molecule has 1 aromatic rings. The number of allylic oxidation sites excluding steroid dienone is 1. The van der Waals surface area contributed by atoms with Crippen molar-refractivity contribution in [2.24, 2.45) is 0 Å². The van der Waals surface area contributed by atoms with Crippen LogP contribution in [0.25, 0.3) is 0 Å². The molecule has 0 bridgehead atoms. The molecule has 0 saturated carbocycles. The Labute approximate surface area is 151 Å². The minimum absolute atomic E-state index is 0.0475. The summed E-state index contributed by atoms with van der Waals surface area (Å²) in [6.45, 7) is 5.60. The fourth-order valence-corrected chi connectivity index (χ4v) is 3.39. The summed E-state index contributed by atoms with van der Waals surface area (Å²) in [6.07, 6.45) is 5.88. The van der Waals surface area contributed by atoms with E-state index in [9.17, 15) is 9.59 Å². The first-order chi connectivity index (χ1) is 10.8. The van der Waals surface area contributed by atoms with Gasteiger partial charge in [0.15, 0.2) is 5.78 Å². The van der Waals surface area contributed by atoms with Crippen molar-refractivity contribution in [3.63, 3.8) is 0 Å². The lowest BCUT2D eigenvalue weighted by Crippen LogP contribution is -2.42. The van der Waals surface area contributed by atoms with Crippen molar-refractivity contribution in [2.45, 2.75) is 51.0 Å². The average molecular weight is 426 g/mol. The molecule has 0 heterocycles. The number of fused-ring (bicyclic) bond motifs is 1. The van der Waals surface area contributed by atoms with Crippen LogP contribution in [-0.2, 0) is 14.9 Å². The first-order valence-electron chi connectivity index (χ1n) is 7.93. The Hall–Kier alpha value is -1.17. The second kappa shape index (κ2) is 7.16. The molecule has 1 aliphatic carbocycles. The number of unbranched alkanes of at least 4 members (excludes halogenated alkanes) is 1. The number of benzene rings is 1. The van der Waals surface area contributed by atoms with Crippen LogP contribution in [0.15, 0.2) is 36.4 Å². The lowest BCUT2D eigenvalue weighted by atomic mass is 9.70. The van der Waals surface area contributed by atoms with E-state index in [2.05, 4.69) is 22.6 Å². The van der Waals surface area contributed by atoms with E-state index in [-0.39, 0.29) is 11.8 Å². The molecule has 124 valence electrons. The van der Waals surface area contributed by atoms with Crippen molar-refractivity contribution in [3.8, 4) is 0 Å². The average Bonchev–Trinajstić information content (AvgIpc) is 2.48. The maximum Gasteiger partial charge on any atom is 0.321 e. The fourth-order valence-electron chi connectivity index (χ4n) is 2.85. The first kappa shape index (κ1) is 18.2. The molecule has 2 rings (SSSR count). The highest BCUT2D eigenvalue weighted by atomic mass is 127. The molecule has 1 unspecified atom stereocenters. The van der Waals surface area contributed by atoms with Crippen molar-refractivity contribution in [2.75, 3.05) is 4.43 Å². The zero-order valence-electron chi connectivity index (χ0n) is 13.9. The molecule has 0 spiro atoms. The van der Waals surface area contributed by atoms with E-state index < -0.39 is 11.0 Å². The predicted molar refractivity (Wildman–Crippen MR) is 100 cm³/mol. The largest absolute Gasteiger partial charge is 0.459 e. The summed E-state index contributed by atoms with van der Waals surface area (Å²) >= 11 is 2.34. The van der Waals surface area contributed by atoms with E-state index in [1.807, 2.05) is 39.0 Å². The number of ether oxygens (including phenoxy) is 1. The monoisotopic (exact) mass is 426 g/mol. The molecule has 1 aromatic carbocycles. The van der Waals surface area contributed by atoms with Gasteiger partial charge in [0.05, 0.1) is 0 Å². The maximum absolute atomic E-state index is 13.0. The Morgan fingerprint density at radius 3 is 2.57 bits per heavy atom. The summed E-state index contributed by atoms with van der Waals surface area (Å²) in [5, 5.41) is 0. The SMILES string of the molecule is CC(C)(C)OC(=O)C1(CCCCI)C=CC(=O)c2ccccc21. The van der Waals surface area contributed by atoms with Crippen LogP contribution < -0.4 is 0 Å². The van der Waals surface area contributed by atoms with Crippen LogP contribution in [-0.4, -0.2) is 21.8 Å². The number of carbonyl (C=O) groups excluding carboxylic acids is 2. The summed E-state index contributed by atoms with van der Waals surface area (Å²) in [5.74, 6) is -0.316. The zero-order chi connectivity index (χ0) is 17.1. The van der Waals surface area contributed by atoms with Crippen LogP contribution in [0.5, 0.6) is 0 Å². The Morgan fingerprint density at radius 2 is 1.91 bits per heavy atom. The number of carbonyl (C=O) groups is 2. The third kappa shape index (κ3) is 4.03. The van der Waals surface area contributed by atoms with Gasteiger partial charge in [0.25, 0.3) is 0 Å². The standard InChI is InChI=1S/C19H23IO3/c1-18(2,3)23-17(22)19(11-6-7-13-20)12-10-16(21)14-8-4-5-9-15(14)19/h4-5,8-10,12H,6-7,11,13H2,1-3H3. The highest BCUT2D eigenvalue weighted by Gasteiger charge is 2.44. The molecule has 1 aliphatic rings. The van der Waals surface area contributed by atoms with Gasteiger partial charge in [0.2, 0.25) is 0 Å². The molecular formula is C19H23IO3. The molecule has 0 saturated heterocycles. The Morgan fingerprint density at radius 1 is 1.22 bits per heavy atom. The van der Waals surface area contributed by atoms with Crippen molar-refractivity contribution in [3.05, 3.63) is 47.5 Å². The molecule has 0 radical (unpaired) electrons. The number of ketones is 1. The molecule has 1 atom stereocenters. The summed E-state index contributed by atoms with van der Waals surface area (Å²) in [5.41, 5.74) is -0.0354. The van der Waals surface area contributed by atoms with Gasteiger partial charge < -0.3 is 4.74 Å². The van der Waals surface area contributed by atoms with Gasteiger partial charge >= 0.3 is 5.97 Å². The molecule has 23 heavy (non-hydrogen) atoms. The zero-order valence-corrected chi connectivity index (χ0v) is 16.1. The van der Waals surface area contributed by atoms with Gasteiger partial charge in [-0.25, -0.2) is 0 Å². The molecule has 4 heteroatoms. The van der Waals surface area contributed by atoms with Crippen molar-refractivity contribution < 1.29 is 14.3 Å². The highest BCUT2D eigenvalue weighted by Crippen LogP contribution is 2.39. The van der Waals surface area contributed by atoms with Crippen LogP contribution in [0.3, 0.4) is 0 Å². The van der Waals surface area contributed by atoms with Gasteiger partial charge in [0.1, 0.15) is 11.0 Å². The van der Waals surface area contributed by atoms with E-state index in [0.717, 1.165) is 22.8 Å². The minimum atomic E-state index is -0.858. The third-order valence-electron chi connectivity index (χ3n) is 3.91. The van der Waals surface area contributed by atoms with Crippen molar-refractivity contribution in [1.82, 2.24) is 0 Å². The molecule has 0 aliphatic heterocycles. The van der Waals surface area contributed by atoms with E-state index in [0.29, 0.717) is 12.0 Å². The Balaban J connectivity index is 2.48. The lowest BCUT2D eigenvalue weighted by Gasteiger charge is -2.35. The smallest absolute Gasteiger partial charge is 0.321 e. The van der Waals surface area contributed by atoms with Crippen molar-refractivity contribution >= 4 is 34.3 Å². The van der Waals surface area contributed by atoms with E-state index in [1.54, 1.807) is 12.1 Å². The second-order valence-corrected chi connectivity index (χ2v) is 7.94. The summed E-state index contributed by atoms with van der Waals surface area (Å²) in [6, 6.07) is 7.38. The second-order valence-electron chi connectivity index (χ2n) is 6.86. The molecular weight excluding hydrogens is 403 g/mol. The van der Waals surface area contributed by atoms with Gasteiger partial charge in [-0.15, -0.1) is 0 Å². The van der Waals surface area contributed by atoms with Crippen LogP contribution in [0.4, 0.5) is 0 Å². The highest BCUT2D eigenvalue weighted by molar-refractivity contribution is 14.1. The number of hydrogen-bond acceptors (Lipinski definition) is 3. The number of halogens is 1. The molecule has 0 N–H and O–H groups in total. The summed E-state index contributed by atoms with van der Waals surface area (Å²) < 4.78 is 6.75. The Kier molecular flexibility index (Phi) is 5.65. The normalized spacial score (nSPS) is 20.3. The maximum atomic E-state index is 13.0. The number of hydrogen-bond donors (Lipinski definition) is 0. The quantitative estimate of drug-likeness (QED) is 0.299. The minimum Gasteiger partial charge on any atom is -0.459 e. The predicted octanol–water partition coefficient (Wildman–Crippen LogP) is 4.62. The summed E-state index contributed by atoms with van der Waals surface area (Å²) in [4.78, 5) is 25.2. The Bertz CT molecular complexity index is 628. The molecule has 0 amide bonds. The van der Waals surface area contributed by atoms with Gasteiger partial charge in [-0.05, 0) is 49.7 Å². The van der Waals surface area contributed by atoms with E-state index in [1.165, 1.54) is 6.08 Å². The van der Waals surface area contributed by atoms with Crippen LogP contribution in [0.1, 0.15) is 56.0 Å². The molecule has 0 fully saturated rings. The summed E-state index contributed by atoms with van der Waals surface area (Å²) in [7, 11) is 0. The number of alkyl halides is 1. The van der Waals surface area contributed by atoms with Crippen LogP contribution in [0, 0.1) is 0 Å². The first-order valence-corrected chi connectivity index (χ1v) is 9.45. The van der Waals surface area contributed by atoms with Gasteiger partial charge in [-0.1, -0.05) is 59.4 Å². The van der Waals surface area contributed by atoms with Crippen molar-refractivity contribution in [1.29, 1.82) is 0 Å². The number of esters is 1. The molecule has 0 aromatic heterocycles. The van der Waals surface area contributed by atoms with E-state index >= 15 is 0 Å². The number of rotatable bonds is 5. The van der Waals surface area contributed by atoms with Gasteiger partial charge in [0, 0.05) is 5.56 Å². The third-order valence-corrected chi connectivity index (χ3v) is 4.67. The van der Waals surface area contributed by atoms with Crippen LogP contribution in [0.2, 0.25) is 0 Å². The molecule has 3 nitrogen and oxygen atoms in total. The lowest BCUT2D eigenvalue weighted by molar-refractivity contribution is -0.160. The topological polar surface area (TPSA) is 43.4 Å². The van der Waals surface area contributed by atoms with Gasteiger partial charge in [-0.2, -0.15) is 0 Å². The van der Waals surface area contributed by atoms with E-state index in [4.69, 9.17) is 4.74 Å².